The van der Waals surface area contributed by atoms with Gasteiger partial charge in [0.15, 0.2) is 11.5 Å². The van der Waals surface area contributed by atoms with E-state index in [-0.39, 0.29) is 16.9 Å². The van der Waals surface area contributed by atoms with Crippen LogP contribution >= 0.6 is 0 Å². The van der Waals surface area contributed by atoms with Crippen LogP contribution in [0, 0.1) is 6.92 Å². The van der Waals surface area contributed by atoms with E-state index in [1.807, 2.05) is 25.1 Å². The van der Waals surface area contributed by atoms with E-state index in [0.29, 0.717) is 17.2 Å². The summed E-state index contributed by atoms with van der Waals surface area (Å²) in [5.41, 5.74) is 5.56. The second kappa shape index (κ2) is 9.59. The second-order valence-electron chi connectivity index (χ2n) is 9.49. The molecule has 1 N–H and O–H groups in total. The number of benzene rings is 3. The number of methoxy groups -OCH3 is 2. The second-order valence-corrected chi connectivity index (χ2v) is 11.2. The Morgan fingerprint density at radius 3 is 2.31 bits per heavy atom. The number of aryl methyl sites for hydroxylation is 1. The van der Waals surface area contributed by atoms with Gasteiger partial charge in [-0.3, -0.25) is 9.71 Å². The topological polar surface area (TPSA) is 80.2 Å². The summed E-state index contributed by atoms with van der Waals surface area (Å²) in [6.45, 7) is 3.86. The fourth-order valence-electron chi connectivity index (χ4n) is 5.06. The molecule has 3 aromatic rings. The lowest BCUT2D eigenvalue weighted by Gasteiger charge is -2.39. The number of sulfonamides is 1. The van der Waals surface area contributed by atoms with Crippen molar-refractivity contribution >= 4 is 21.4 Å². The molecule has 1 fully saturated rings. The van der Waals surface area contributed by atoms with E-state index in [4.69, 9.17) is 14.5 Å². The highest BCUT2D eigenvalue weighted by atomic mass is 32.2. The van der Waals surface area contributed by atoms with Crippen molar-refractivity contribution in [3.8, 4) is 11.5 Å². The van der Waals surface area contributed by atoms with Gasteiger partial charge in [-0.05, 0) is 68.9 Å². The first-order valence-electron chi connectivity index (χ1n) is 12.0. The molecule has 0 aromatic heterocycles. The van der Waals surface area contributed by atoms with Crippen LogP contribution < -0.4 is 14.2 Å². The maximum absolute atomic E-state index is 12.8. The van der Waals surface area contributed by atoms with Crippen molar-refractivity contribution in [3.63, 3.8) is 0 Å². The van der Waals surface area contributed by atoms with Crippen molar-refractivity contribution < 1.29 is 17.9 Å². The summed E-state index contributed by atoms with van der Waals surface area (Å²) in [7, 11) is 1.77. The summed E-state index contributed by atoms with van der Waals surface area (Å²) >= 11 is 0. The van der Waals surface area contributed by atoms with Crippen LogP contribution in [-0.2, 0) is 10.0 Å². The Morgan fingerprint density at radius 1 is 0.972 bits per heavy atom. The number of aliphatic imine (C=N–C) groups is 1. The third-order valence-electron chi connectivity index (χ3n) is 7.03. The molecule has 0 spiro atoms. The maximum Gasteiger partial charge on any atom is 0.261 e. The zero-order chi connectivity index (χ0) is 25.4. The number of likely N-dealkylation sites (N-methyl/N-ethyl adjacent to an activating group) is 1. The van der Waals surface area contributed by atoms with Crippen LogP contribution in [-0.4, -0.2) is 59.4 Å². The molecule has 2 atom stereocenters. The van der Waals surface area contributed by atoms with E-state index in [1.54, 1.807) is 50.6 Å². The van der Waals surface area contributed by atoms with Crippen molar-refractivity contribution in [2.24, 2.45) is 4.99 Å². The van der Waals surface area contributed by atoms with Gasteiger partial charge in [0.05, 0.1) is 30.9 Å². The highest BCUT2D eigenvalue weighted by Gasteiger charge is 2.36. The number of likely N-dealkylation sites (tertiary alicyclic amines) is 1. The van der Waals surface area contributed by atoms with E-state index >= 15 is 0 Å². The molecule has 0 aliphatic carbocycles. The van der Waals surface area contributed by atoms with Crippen LogP contribution in [0.4, 0.5) is 5.69 Å². The highest BCUT2D eigenvalue weighted by molar-refractivity contribution is 7.92. The summed E-state index contributed by atoms with van der Waals surface area (Å²) in [4.78, 5) is 7.77. The van der Waals surface area contributed by atoms with Crippen LogP contribution in [0.5, 0.6) is 11.5 Å². The lowest BCUT2D eigenvalue weighted by atomic mass is 9.79. The van der Waals surface area contributed by atoms with Crippen molar-refractivity contribution in [1.82, 2.24) is 4.90 Å². The first-order chi connectivity index (χ1) is 17.3. The van der Waals surface area contributed by atoms with E-state index in [2.05, 4.69) is 22.7 Å². The van der Waals surface area contributed by atoms with Gasteiger partial charge < -0.3 is 14.4 Å². The Labute approximate surface area is 212 Å². The van der Waals surface area contributed by atoms with Crippen molar-refractivity contribution in [2.45, 2.75) is 30.2 Å². The molecule has 2 aliphatic heterocycles. The largest absolute Gasteiger partial charge is 0.493 e. The number of nitrogens with one attached hydrogen (secondary N) is 1. The molecular formula is C28H31N3O4S. The molecule has 5 rings (SSSR count). The summed E-state index contributed by atoms with van der Waals surface area (Å²) in [5.74, 6) is 1.65. The Morgan fingerprint density at radius 2 is 1.64 bits per heavy atom. The first kappa shape index (κ1) is 24.3. The number of hydrogen-bond acceptors (Lipinski definition) is 6. The molecule has 1 saturated heterocycles. The van der Waals surface area contributed by atoms with Gasteiger partial charge in [-0.15, -0.1) is 0 Å². The molecule has 0 unspecified atom stereocenters. The molecule has 0 amide bonds. The van der Waals surface area contributed by atoms with Crippen LogP contribution in [0.3, 0.4) is 0 Å². The quantitative estimate of drug-likeness (QED) is 0.535. The van der Waals surface area contributed by atoms with Gasteiger partial charge in [-0.1, -0.05) is 29.8 Å². The molecule has 36 heavy (non-hydrogen) atoms. The van der Waals surface area contributed by atoms with Gasteiger partial charge in [0.1, 0.15) is 0 Å². The molecule has 0 saturated carbocycles. The number of fused-ring (bicyclic) bond motifs is 3. The molecule has 0 radical (unpaired) electrons. The third-order valence-corrected chi connectivity index (χ3v) is 8.42. The van der Waals surface area contributed by atoms with Crippen LogP contribution in [0.2, 0.25) is 0 Å². The monoisotopic (exact) mass is 505 g/mol. The summed E-state index contributed by atoms with van der Waals surface area (Å²) < 4.78 is 39.5. The summed E-state index contributed by atoms with van der Waals surface area (Å²) in [5, 5.41) is 0. The Bertz CT molecular complexity index is 1400. The number of anilines is 1. The van der Waals surface area contributed by atoms with Crippen molar-refractivity contribution in [3.05, 3.63) is 82.9 Å². The van der Waals surface area contributed by atoms with Crippen molar-refractivity contribution in [2.75, 3.05) is 39.1 Å². The number of rotatable bonds is 6. The Kier molecular flexibility index (Phi) is 6.49. The molecule has 8 heteroatoms. The van der Waals surface area contributed by atoms with E-state index in [1.165, 1.54) is 5.56 Å². The number of hydrogen-bond donors (Lipinski definition) is 1. The highest BCUT2D eigenvalue weighted by Crippen LogP contribution is 2.42. The van der Waals surface area contributed by atoms with E-state index < -0.39 is 10.0 Å². The first-order valence-corrected chi connectivity index (χ1v) is 13.5. The van der Waals surface area contributed by atoms with Gasteiger partial charge in [-0.25, -0.2) is 8.42 Å². The van der Waals surface area contributed by atoms with Gasteiger partial charge in [0.2, 0.25) is 0 Å². The Hall–Kier alpha value is -3.36. The van der Waals surface area contributed by atoms with E-state index in [9.17, 15) is 8.42 Å². The van der Waals surface area contributed by atoms with E-state index in [0.717, 1.165) is 41.9 Å². The predicted molar refractivity (Wildman–Crippen MR) is 142 cm³/mol. The minimum absolute atomic E-state index is 0.182. The standard InChI is InChI=1S/C28H31N3O4S/c1-18-5-11-21(12-6-18)36(32,33)30-20-9-7-19(8-10-20)28-23-16-27(35-4)26(34-3)15-22(23)24-17-31(2)14-13-25(24)29-28/h5-12,15-16,24-25,30H,13-14,17H2,1-4H3/t24-,25-/m0/s1. The van der Waals surface area contributed by atoms with Crippen LogP contribution in [0.25, 0.3) is 0 Å². The molecule has 2 heterocycles. The SMILES string of the molecule is COc1cc2c(cc1OC)[C@@H]1CN(C)CC[C@@H]1N=C2c1ccc(NS(=O)(=O)c2ccc(C)cc2)cc1. The van der Waals surface area contributed by atoms with Gasteiger partial charge in [0, 0.05) is 29.3 Å². The number of ether oxygens (including phenoxy) is 2. The zero-order valence-electron chi connectivity index (χ0n) is 21.0. The summed E-state index contributed by atoms with van der Waals surface area (Å²) in [6.07, 6.45) is 0.979. The minimum atomic E-state index is -3.67. The third kappa shape index (κ3) is 4.58. The van der Waals surface area contributed by atoms with Crippen LogP contribution in [0.1, 0.15) is 34.6 Å². The van der Waals surface area contributed by atoms with Crippen LogP contribution in [0.15, 0.2) is 70.6 Å². The lowest BCUT2D eigenvalue weighted by molar-refractivity contribution is 0.227. The fraction of sp³-hybridized carbons (Fsp3) is 0.321. The predicted octanol–water partition coefficient (Wildman–Crippen LogP) is 4.45. The molecule has 188 valence electrons. The molecule has 7 nitrogen and oxygen atoms in total. The maximum atomic E-state index is 12.8. The molecule has 0 bridgehead atoms. The minimum Gasteiger partial charge on any atom is -0.493 e. The van der Waals surface area contributed by atoms with Crippen molar-refractivity contribution in [1.29, 1.82) is 0 Å². The number of piperidine rings is 1. The molecule has 3 aromatic carbocycles. The average molecular weight is 506 g/mol. The molecular weight excluding hydrogens is 474 g/mol. The normalized spacial score (nSPS) is 19.6. The smallest absolute Gasteiger partial charge is 0.261 e. The lowest BCUT2D eigenvalue weighted by Crippen LogP contribution is -2.41. The van der Waals surface area contributed by atoms with Gasteiger partial charge in [-0.2, -0.15) is 0 Å². The fourth-order valence-corrected chi connectivity index (χ4v) is 6.12. The van der Waals surface area contributed by atoms with Gasteiger partial charge in [0.25, 0.3) is 10.0 Å². The van der Waals surface area contributed by atoms with Gasteiger partial charge >= 0.3 is 0 Å². The molecule has 2 aliphatic rings. The summed E-state index contributed by atoms with van der Waals surface area (Å²) in [6, 6.07) is 18.5. The zero-order valence-corrected chi connectivity index (χ0v) is 21.8. The average Bonchev–Trinajstić information content (AvgIpc) is 2.88. The Balaban J connectivity index is 1.49. The number of nitrogens with zero attached hydrogens (tertiary/aromatic N) is 2.